The molecule has 0 amide bonds. The van der Waals surface area contributed by atoms with Crippen molar-refractivity contribution in [3.05, 3.63) is 59.0 Å². The first-order chi connectivity index (χ1) is 11.5. The molecule has 124 valence electrons. The summed E-state index contributed by atoms with van der Waals surface area (Å²) in [5, 5.41) is 8.23. The highest BCUT2D eigenvalue weighted by atomic mass is 35.5. The highest BCUT2D eigenvalue weighted by molar-refractivity contribution is 6.33. The van der Waals surface area contributed by atoms with E-state index < -0.39 is 0 Å². The number of anilines is 3. The van der Waals surface area contributed by atoms with E-state index in [9.17, 15) is 4.39 Å². The summed E-state index contributed by atoms with van der Waals surface area (Å²) in [5.41, 5.74) is 9.91. The minimum atomic E-state index is -0.368. The van der Waals surface area contributed by atoms with E-state index in [1.807, 2.05) is 38.2 Å². The maximum absolute atomic E-state index is 13.4. The number of hydrogen-bond acceptors (Lipinski definition) is 3. The lowest BCUT2D eigenvalue weighted by atomic mass is 10.0. The zero-order chi connectivity index (χ0) is 17.3. The lowest BCUT2D eigenvalue weighted by molar-refractivity contribution is 0.628. The van der Waals surface area contributed by atoms with E-state index >= 15 is 0 Å². The largest absolute Gasteiger partial charge is 0.397 e. The second-order valence-electron chi connectivity index (χ2n) is 5.48. The number of benzene rings is 2. The molecule has 24 heavy (non-hydrogen) atoms. The highest BCUT2D eigenvalue weighted by Crippen LogP contribution is 2.38. The second-order valence-corrected chi connectivity index (χ2v) is 5.89. The fraction of sp³-hybridized carbons (Fsp3) is 0.167. The lowest BCUT2D eigenvalue weighted by Gasteiger charge is -2.13. The lowest BCUT2D eigenvalue weighted by Crippen LogP contribution is -2.02. The first kappa shape index (κ1) is 16.3. The first-order valence-electron chi connectivity index (χ1n) is 7.64. The minimum Gasteiger partial charge on any atom is -0.397 e. The molecule has 0 unspecified atom stereocenters. The summed E-state index contributed by atoms with van der Waals surface area (Å²) in [6.45, 7) is 2.02. The van der Waals surface area contributed by atoms with Crippen LogP contribution in [0.5, 0.6) is 0 Å². The minimum absolute atomic E-state index is 0.349. The number of nitrogen functional groups attached to an aromatic ring is 1. The van der Waals surface area contributed by atoms with Crippen LogP contribution >= 0.6 is 11.6 Å². The summed E-state index contributed by atoms with van der Waals surface area (Å²) in [6, 6.07) is 11.9. The molecule has 0 saturated heterocycles. The van der Waals surface area contributed by atoms with Gasteiger partial charge in [-0.15, -0.1) is 0 Å². The van der Waals surface area contributed by atoms with Gasteiger partial charge in [0.2, 0.25) is 0 Å². The van der Waals surface area contributed by atoms with Gasteiger partial charge < -0.3 is 11.1 Å². The molecule has 0 saturated carbocycles. The van der Waals surface area contributed by atoms with Crippen molar-refractivity contribution in [2.24, 2.45) is 7.05 Å². The zero-order valence-electron chi connectivity index (χ0n) is 13.5. The van der Waals surface area contributed by atoms with Crippen molar-refractivity contribution in [1.82, 2.24) is 9.78 Å². The van der Waals surface area contributed by atoms with E-state index in [0.717, 1.165) is 34.7 Å². The second kappa shape index (κ2) is 6.53. The molecule has 0 fully saturated rings. The Morgan fingerprint density at radius 3 is 2.67 bits per heavy atom. The summed E-state index contributed by atoms with van der Waals surface area (Å²) >= 11 is 6.28. The molecular weight excluding hydrogens is 327 g/mol. The smallest absolute Gasteiger partial charge is 0.136 e. The van der Waals surface area contributed by atoms with Crippen LogP contribution in [-0.2, 0) is 13.5 Å². The normalized spacial score (nSPS) is 10.8. The number of para-hydroxylation sites is 2. The summed E-state index contributed by atoms with van der Waals surface area (Å²) in [6.07, 6.45) is 0.725. The van der Waals surface area contributed by atoms with Gasteiger partial charge in [0.1, 0.15) is 11.6 Å². The van der Waals surface area contributed by atoms with Gasteiger partial charge in [-0.1, -0.05) is 30.7 Å². The van der Waals surface area contributed by atoms with Crippen LogP contribution < -0.4 is 11.1 Å². The number of halogens is 2. The van der Waals surface area contributed by atoms with Gasteiger partial charge >= 0.3 is 0 Å². The predicted molar refractivity (Wildman–Crippen MR) is 97.1 cm³/mol. The quantitative estimate of drug-likeness (QED) is 0.670. The molecule has 3 rings (SSSR count). The van der Waals surface area contributed by atoms with Crippen molar-refractivity contribution in [3.63, 3.8) is 0 Å². The average Bonchev–Trinajstić information content (AvgIpc) is 2.86. The Hall–Kier alpha value is -2.53. The Morgan fingerprint density at radius 1 is 1.25 bits per heavy atom. The van der Waals surface area contributed by atoms with Gasteiger partial charge in [0.05, 0.1) is 22.1 Å². The molecule has 3 N–H and O–H groups in total. The SMILES string of the molecule is CCc1nn(C)c(Nc2ccccc2N)c1-c1ccc(F)cc1Cl. The third-order valence-electron chi connectivity index (χ3n) is 3.87. The maximum atomic E-state index is 13.4. The van der Waals surface area contributed by atoms with E-state index in [1.165, 1.54) is 12.1 Å². The number of rotatable bonds is 4. The molecule has 3 aromatic rings. The van der Waals surface area contributed by atoms with E-state index in [0.29, 0.717) is 10.7 Å². The number of nitrogens with two attached hydrogens (primary N) is 1. The van der Waals surface area contributed by atoms with Gasteiger partial charge in [-0.2, -0.15) is 5.10 Å². The Balaban J connectivity index is 2.16. The molecule has 0 spiro atoms. The standard InChI is InChI=1S/C18H18ClFN4/c1-3-15-17(12-9-8-11(20)10-13(12)19)18(24(2)23-15)22-16-7-5-4-6-14(16)21/h4-10,22H,3,21H2,1-2H3. The number of aryl methyl sites for hydroxylation is 2. The zero-order valence-corrected chi connectivity index (χ0v) is 14.2. The van der Waals surface area contributed by atoms with Gasteiger partial charge in [0.25, 0.3) is 0 Å². The van der Waals surface area contributed by atoms with Crippen molar-refractivity contribution in [2.75, 3.05) is 11.1 Å². The van der Waals surface area contributed by atoms with Crippen molar-refractivity contribution in [1.29, 1.82) is 0 Å². The molecule has 1 heterocycles. The van der Waals surface area contributed by atoms with Crippen LogP contribution in [0.15, 0.2) is 42.5 Å². The van der Waals surface area contributed by atoms with Gasteiger partial charge in [0, 0.05) is 18.2 Å². The Kier molecular flexibility index (Phi) is 4.44. The Bertz CT molecular complexity index is 889. The summed E-state index contributed by atoms with van der Waals surface area (Å²) in [5.74, 6) is 0.394. The molecule has 2 aromatic carbocycles. The molecule has 1 aromatic heterocycles. The number of nitrogens with one attached hydrogen (secondary N) is 1. The molecule has 0 radical (unpaired) electrons. The van der Waals surface area contributed by atoms with Crippen LogP contribution in [-0.4, -0.2) is 9.78 Å². The number of nitrogens with zero attached hydrogens (tertiary/aromatic N) is 2. The van der Waals surface area contributed by atoms with Crippen LogP contribution in [0.3, 0.4) is 0 Å². The molecule has 0 atom stereocenters. The molecule has 0 aliphatic carbocycles. The highest BCUT2D eigenvalue weighted by Gasteiger charge is 2.20. The van der Waals surface area contributed by atoms with E-state index in [4.69, 9.17) is 17.3 Å². The van der Waals surface area contributed by atoms with Crippen LogP contribution in [0.1, 0.15) is 12.6 Å². The van der Waals surface area contributed by atoms with Gasteiger partial charge in [-0.25, -0.2) is 4.39 Å². The topological polar surface area (TPSA) is 55.9 Å². The summed E-state index contributed by atoms with van der Waals surface area (Å²) in [7, 11) is 1.85. The fourth-order valence-electron chi connectivity index (χ4n) is 2.68. The Labute approximate surface area is 145 Å². The molecular formula is C18H18ClFN4. The van der Waals surface area contributed by atoms with Gasteiger partial charge in [-0.3, -0.25) is 4.68 Å². The monoisotopic (exact) mass is 344 g/mol. The van der Waals surface area contributed by atoms with Crippen LogP contribution in [0.25, 0.3) is 11.1 Å². The molecule has 6 heteroatoms. The van der Waals surface area contributed by atoms with Crippen molar-refractivity contribution < 1.29 is 4.39 Å². The number of aromatic nitrogens is 2. The predicted octanol–water partition coefficient (Wildman–Crippen LogP) is 4.77. The third-order valence-corrected chi connectivity index (χ3v) is 4.18. The molecule has 0 aliphatic rings. The van der Waals surface area contributed by atoms with Crippen LogP contribution in [0, 0.1) is 5.82 Å². The van der Waals surface area contributed by atoms with E-state index in [2.05, 4.69) is 10.4 Å². The van der Waals surface area contributed by atoms with Crippen molar-refractivity contribution in [2.45, 2.75) is 13.3 Å². The Morgan fingerprint density at radius 2 is 2.00 bits per heavy atom. The van der Waals surface area contributed by atoms with E-state index in [-0.39, 0.29) is 5.82 Å². The van der Waals surface area contributed by atoms with Crippen LogP contribution in [0.4, 0.5) is 21.6 Å². The van der Waals surface area contributed by atoms with Gasteiger partial charge in [-0.05, 0) is 36.8 Å². The van der Waals surface area contributed by atoms with Crippen molar-refractivity contribution >= 4 is 28.8 Å². The fourth-order valence-corrected chi connectivity index (χ4v) is 2.95. The average molecular weight is 345 g/mol. The summed E-state index contributed by atoms with van der Waals surface area (Å²) < 4.78 is 15.2. The van der Waals surface area contributed by atoms with Crippen molar-refractivity contribution in [3.8, 4) is 11.1 Å². The molecule has 0 aliphatic heterocycles. The maximum Gasteiger partial charge on any atom is 0.136 e. The first-order valence-corrected chi connectivity index (χ1v) is 8.02. The van der Waals surface area contributed by atoms with Gasteiger partial charge in [0.15, 0.2) is 0 Å². The molecule has 0 bridgehead atoms. The number of hydrogen-bond donors (Lipinski definition) is 2. The molecule has 4 nitrogen and oxygen atoms in total. The van der Waals surface area contributed by atoms with E-state index in [1.54, 1.807) is 10.7 Å². The summed E-state index contributed by atoms with van der Waals surface area (Å²) in [4.78, 5) is 0. The third kappa shape index (κ3) is 2.95. The van der Waals surface area contributed by atoms with Crippen LogP contribution in [0.2, 0.25) is 5.02 Å².